The van der Waals surface area contributed by atoms with Crippen LogP contribution >= 0.6 is 11.6 Å². The molecule has 0 spiro atoms. The van der Waals surface area contributed by atoms with Crippen LogP contribution in [0.3, 0.4) is 0 Å². The fourth-order valence-electron chi connectivity index (χ4n) is 2.52. The smallest absolute Gasteiger partial charge is 0.188 e. The molecule has 1 fully saturated rings. The van der Waals surface area contributed by atoms with Crippen LogP contribution in [0.4, 0.5) is 0 Å². The van der Waals surface area contributed by atoms with Crippen molar-refractivity contribution in [2.75, 3.05) is 13.1 Å². The van der Waals surface area contributed by atoms with Crippen molar-refractivity contribution in [3.05, 3.63) is 29.0 Å². The topological polar surface area (TPSA) is 42.0 Å². The highest BCUT2D eigenvalue weighted by molar-refractivity contribution is 6.30. The summed E-state index contributed by atoms with van der Waals surface area (Å²) in [5.41, 5.74) is 0.279. The quantitative estimate of drug-likeness (QED) is 0.838. The van der Waals surface area contributed by atoms with Gasteiger partial charge in [0.2, 0.25) is 0 Å². The molecule has 2 rings (SSSR count). The lowest BCUT2D eigenvalue weighted by molar-refractivity contribution is 0.0796. The molecular weight excluding hydrogens is 236 g/mol. The minimum absolute atomic E-state index is 0.154. The summed E-state index contributed by atoms with van der Waals surface area (Å²) in [5.74, 6) is 0.154. The van der Waals surface area contributed by atoms with Gasteiger partial charge in [0.05, 0.1) is 5.02 Å². The van der Waals surface area contributed by atoms with Crippen molar-refractivity contribution in [1.82, 2.24) is 10.3 Å². The maximum atomic E-state index is 12.5. The predicted octanol–water partition coefficient (Wildman–Crippen LogP) is 2.70. The number of hydrogen-bond acceptors (Lipinski definition) is 3. The van der Waals surface area contributed by atoms with Gasteiger partial charge in [0.25, 0.3) is 0 Å². The number of halogens is 1. The monoisotopic (exact) mass is 252 g/mol. The van der Waals surface area contributed by atoms with Crippen LogP contribution in [0.15, 0.2) is 18.3 Å². The summed E-state index contributed by atoms with van der Waals surface area (Å²) < 4.78 is 0. The van der Waals surface area contributed by atoms with Crippen molar-refractivity contribution in [2.24, 2.45) is 5.41 Å². The van der Waals surface area contributed by atoms with Crippen molar-refractivity contribution in [1.29, 1.82) is 0 Å². The number of aromatic nitrogens is 1. The van der Waals surface area contributed by atoms with E-state index in [0.29, 0.717) is 10.7 Å². The molecule has 2 heterocycles. The first kappa shape index (κ1) is 12.5. The van der Waals surface area contributed by atoms with E-state index >= 15 is 0 Å². The Morgan fingerprint density at radius 2 is 2.41 bits per heavy atom. The Morgan fingerprint density at radius 3 is 2.94 bits per heavy atom. The maximum Gasteiger partial charge on any atom is 0.188 e. The average Bonchev–Trinajstić information content (AvgIpc) is 2.79. The molecule has 0 aromatic carbocycles. The molecule has 4 heteroatoms. The predicted molar refractivity (Wildman–Crippen MR) is 68.4 cm³/mol. The lowest BCUT2D eigenvalue weighted by atomic mass is 9.77. The lowest BCUT2D eigenvalue weighted by Gasteiger charge is -2.25. The highest BCUT2D eigenvalue weighted by Gasteiger charge is 2.41. The van der Waals surface area contributed by atoms with Crippen molar-refractivity contribution in [2.45, 2.75) is 26.2 Å². The van der Waals surface area contributed by atoms with Gasteiger partial charge in [-0.05, 0) is 31.5 Å². The van der Waals surface area contributed by atoms with Gasteiger partial charge < -0.3 is 5.32 Å². The molecule has 1 unspecified atom stereocenters. The number of carbonyl (C=O) groups is 1. The standard InChI is InChI=1S/C13H17ClN2O/c1-2-5-13(6-7-15-9-13)12(17)11-4-3-10(14)8-16-11/h3-4,8,15H,2,5-7,9H2,1H3. The van der Waals surface area contributed by atoms with Gasteiger partial charge in [-0.2, -0.15) is 0 Å². The molecule has 0 radical (unpaired) electrons. The van der Waals surface area contributed by atoms with Gasteiger partial charge >= 0.3 is 0 Å². The van der Waals surface area contributed by atoms with Crippen LogP contribution < -0.4 is 5.32 Å². The van der Waals surface area contributed by atoms with E-state index in [1.165, 1.54) is 6.20 Å². The Balaban J connectivity index is 2.25. The van der Waals surface area contributed by atoms with Crippen LogP contribution in [-0.2, 0) is 0 Å². The first-order valence-electron chi connectivity index (χ1n) is 6.05. The van der Waals surface area contributed by atoms with E-state index in [-0.39, 0.29) is 11.2 Å². The normalized spacial score (nSPS) is 23.9. The van der Waals surface area contributed by atoms with Gasteiger partial charge in [-0.15, -0.1) is 0 Å². The molecule has 1 aromatic rings. The van der Waals surface area contributed by atoms with Gasteiger partial charge in [0.1, 0.15) is 5.69 Å². The fraction of sp³-hybridized carbons (Fsp3) is 0.538. The molecule has 0 bridgehead atoms. The van der Waals surface area contributed by atoms with Gasteiger partial charge in [0.15, 0.2) is 5.78 Å². The van der Waals surface area contributed by atoms with Crippen LogP contribution in [0.25, 0.3) is 0 Å². The second-order valence-corrected chi connectivity index (χ2v) is 5.08. The molecule has 0 saturated carbocycles. The van der Waals surface area contributed by atoms with E-state index in [2.05, 4.69) is 17.2 Å². The molecule has 1 aliphatic rings. The van der Waals surface area contributed by atoms with E-state index in [0.717, 1.165) is 32.4 Å². The number of nitrogens with zero attached hydrogens (tertiary/aromatic N) is 1. The van der Waals surface area contributed by atoms with Gasteiger partial charge in [-0.1, -0.05) is 24.9 Å². The van der Waals surface area contributed by atoms with Crippen LogP contribution in [0.2, 0.25) is 5.02 Å². The Labute approximate surface area is 107 Å². The molecule has 1 aliphatic heterocycles. The summed E-state index contributed by atoms with van der Waals surface area (Å²) in [6, 6.07) is 3.45. The fourth-order valence-corrected chi connectivity index (χ4v) is 2.64. The minimum Gasteiger partial charge on any atom is -0.316 e. The zero-order valence-corrected chi connectivity index (χ0v) is 10.8. The number of pyridine rings is 1. The highest BCUT2D eigenvalue weighted by atomic mass is 35.5. The number of rotatable bonds is 4. The highest BCUT2D eigenvalue weighted by Crippen LogP contribution is 2.34. The van der Waals surface area contributed by atoms with E-state index in [9.17, 15) is 4.79 Å². The third-order valence-electron chi connectivity index (χ3n) is 3.41. The SMILES string of the molecule is CCCC1(C(=O)c2ccc(Cl)cn2)CCNC1. The second kappa shape index (κ2) is 5.15. The summed E-state index contributed by atoms with van der Waals surface area (Å²) in [6.45, 7) is 3.80. The van der Waals surface area contributed by atoms with E-state index < -0.39 is 0 Å². The van der Waals surface area contributed by atoms with E-state index in [4.69, 9.17) is 11.6 Å². The molecule has 1 aromatic heterocycles. The minimum atomic E-state index is -0.254. The van der Waals surface area contributed by atoms with Crippen LogP contribution in [0.1, 0.15) is 36.7 Å². The first-order chi connectivity index (χ1) is 8.18. The summed E-state index contributed by atoms with van der Waals surface area (Å²) in [7, 11) is 0. The van der Waals surface area contributed by atoms with Crippen molar-refractivity contribution in [3.8, 4) is 0 Å². The Bertz CT molecular complexity index is 396. The van der Waals surface area contributed by atoms with Gasteiger partial charge in [-0.3, -0.25) is 9.78 Å². The molecule has 1 saturated heterocycles. The van der Waals surface area contributed by atoms with Crippen molar-refractivity contribution < 1.29 is 4.79 Å². The lowest BCUT2D eigenvalue weighted by Crippen LogP contribution is -2.34. The van der Waals surface area contributed by atoms with Crippen molar-refractivity contribution >= 4 is 17.4 Å². The van der Waals surface area contributed by atoms with Crippen LogP contribution in [0, 0.1) is 5.41 Å². The van der Waals surface area contributed by atoms with Crippen LogP contribution in [0.5, 0.6) is 0 Å². The summed E-state index contributed by atoms with van der Waals surface area (Å²) in [6.07, 6.45) is 4.38. The Hall–Kier alpha value is -0.930. The molecule has 17 heavy (non-hydrogen) atoms. The molecule has 1 atom stereocenters. The first-order valence-corrected chi connectivity index (χ1v) is 6.43. The molecule has 0 aliphatic carbocycles. The van der Waals surface area contributed by atoms with Crippen molar-refractivity contribution in [3.63, 3.8) is 0 Å². The number of carbonyl (C=O) groups excluding carboxylic acids is 1. The van der Waals surface area contributed by atoms with E-state index in [1.54, 1.807) is 12.1 Å². The third kappa shape index (κ3) is 2.50. The number of nitrogens with one attached hydrogen (secondary N) is 1. The van der Waals surface area contributed by atoms with Gasteiger partial charge in [-0.25, -0.2) is 0 Å². The zero-order valence-electron chi connectivity index (χ0n) is 10.0. The summed E-state index contributed by atoms with van der Waals surface area (Å²) >= 11 is 5.79. The average molecular weight is 253 g/mol. The second-order valence-electron chi connectivity index (χ2n) is 4.65. The maximum absolute atomic E-state index is 12.5. The summed E-state index contributed by atoms with van der Waals surface area (Å²) in [5, 5.41) is 3.85. The molecule has 0 amide bonds. The molecule has 92 valence electrons. The van der Waals surface area contributed by atoms with Crippen LogP contribution in [-0.4, -0.2) is 23.9 Å². The number of ketones is 1. The Kier molecular flexibility index (Phi) is 3.79. The third-order valence-corrected chi connectivity index (χ3v) is 3.64. The van der Waals surface area contributed by atoms with E-state index in [1.807, 2.05) is 0 Å². The zero-order chi connectivity index (χ0) is 12.3. The molecule has 1 N–H and O–H groups in total. The summed E-state index contributed by atoms with van der Waals surface area (Å²) in [4.78, 5) is 16.7. The molecular formula is C13H17ClN2O. The number of hydrogen-bond donors (Lipinski definition) is 1. The molecule has 3 nitrogen and oxygen atoms in total. The number of Topliss-reactive ketones (excluding diaryl/α,β-unsaturated/α-hetero) is 1. The van der Waals surface area contributed by atoms with Gasteiger partial charge in [0, 0.05) is 18.2 Å². The largest absolute Gasteiger partial charge is 0.316 e. The Morgan fingerprint density at radius 1 is 1.59 bits per heavy atom.